The Morgan fingerprint density at radius 1 is 1.05 bits per heavy atom. The van der Waals surface area contributed by atoms with Gasteiger partial charge in [0, 0.05) is 11.5 Å². The van der Waals surface area contributed by atoms with Crippen molar-refractivity contribution >= 4 is 12.6 Å². The topological polar surface area (TPSA) is 27.7 Å². The third-order valence-electron chi connectivity index (χ3n) is 3.76. The zero-order chi connectivity index (χ0) is 16.0. The van der Waals surface area contributed by atoms with Crippen LogP contribution in [-0.2, 0) is 9.31 Å². The molecule has 0 N–H and O–H groups in total. The predicted octanol–water partition coefficient (Wildman–Crippen LogP) is 2.87. The maximum absolute atomic E-state index is 13.9. The summed E-state index contributed by atoms with van der Waals surface area (Å²) in [4.78, 5) is 0. The maximum atomic E-state index is 13.9. The molecule has 0 saturated carbocycles. The molecular formula is C13H15BF4O3. The first-order valence-corrected chi connectivity index (χ1v) is 6.33. The van der Waals surface area contributed by atoms with Crippen molar-refractivity contribution in [2.24, 2.45) is 0 Å². The monoisotopic (exact) mass is 306 g/mol. The molecule has 3 nitrogen and oxygen atoms in total. The van der Waals surface area contributed by atoms with E-state index < -0.39 is 42.3 Å². The summed E-state index contributed by atoms with van der Waals surface area (Å²) in [6.07, 6.45) is 0. The molecule has 1 aliphatic rings. The summed E-state index contributed by atoms with van der Waals surface area (Å²) in [5.41, 5.74) is -1.84. The van der Waals surface area contributed by atoms with Gasteiger partial charge in [0.2, 0.25) is 0 Å². The lowest BCUT2D eigenvalue weighted by Crippen LogP contribution is -2.41. The quantitative estimate of drug-likeness (QED) is 0.635. The number of alkyl halides is 2. The number of hydrogen-bond donors (Lipinski definition) is 0. The summed E-state index contributed by atoms with van der Waals surface area (Å²) in [6, 6.07) is 1.50. The molecule has 1 heterocycles. The first-order chi connectivity index (χ1) is 9.53. The standard InChI is InChI=1S/C13H15BF4O3/c1-12(2)13(3,4)21-14(20-12)8-5-7(19-11(17)18)6-9(15)10(8)16/h5-6,11H,1-4H3. The van der Waals surface area contributed by atoms with Crippen molar-refractivity contribution < 1.29 is 31.6 Å². The van der Waals surface area contributed by atoms with Gasteiger partial charge in [-0.25, -0.2) is 8.78 Å². The summed E-state index contributed by atoms with van der Waals surface area (Å²) in [5, 5.41) is 0. The summed E-state index contributed by atoms with van der Waals surface area (Å²) in [6.45, 7) is 3.81. The van der Waals surface area contributed by atoms with Gasteiger partial charge < -0.3 is 14.0 Å². The Morgan fingerprint density at radius 3 is 2.05 bits per heavy atom. The van der Waals surface area contributed by atoms with E-state index in [-0.39, 0.29) is 5.46 Å². The van der Waals surface area contributed by atoms with Crippen molar-refractivity contribution in [3.05, 3.63) is 23.8 Å². The van der Waals surface area contributed by atoms with Crippen LogP contribution >= 0.6 is 0 Å². The first-order valence-electron chi connectivity index (χ1n) is 6.33. The Kier molecular flexibility index (Phi) is 3.97. The van der Waals surface area contributed by atoms with Crippen LogP contribution < -0.4 is 10.2 Å². The second-order valence-electron chi connectivity index (χ2n) is 5.78. The lowest BCUT2D eigenvalue weighted by atomic mass is 9.78. The van der Waals surface area contributed by atoms with Gasteiger partial charge in [0.15, 0.2) is 11.6 Å². The average Bonchev–Trinajstić information content (AvgIpc) is 2.52. The molecule has 1 aliphatic heterocycles. The minimum Gasteiger partial charge on any atom is -0.435 e. The van der Waals surface area contributed by atoms with Gasteiger partial charge in [-0.2, -0.15) is 8.78 Å². The highest BCUT2D eigenvalue weighted by Crippen LogP contribution is 2.37. The Hall–Kier alpha value is -1.28. The van der Waals surface area contributed by atoms with Gasteiger partial charge >= 0.3 is 13.7 Å². The van der Waals surface area contributed by atoms with Crippen LogP contribution in [0.4, 0.5) is 17.6 Å². The van der Waals surface area contributed by atoms with E-state index >= 15 is 0 Å². The number of benzene rings is 1. The third kappa shape index (κ3) is 3.01. The Bertz CT molecular complexity index is 532. The molecule has 1 fully saturated rings. The summed E-state index contributed by atoms with van der Waals surface area (Å²) < 4.78 is 67.1. The number of rotatable bonds is 3. The van der Waals surface area contributed by atoms with Crippen LogP contribution in [0.25, 0.3) is 0 Å². The van der Waals surface area contributed by atoms with Crippen LogP contribution in [0.2, 0.25) is 0 Å². The maximum Gasteiger partial charge on any atom is 0.498 e. The molecule has 0 aromatic heterocycles. The molecule has 1 aromatic rings. The molecule has 0 amide bonds. The van der Waals surface area contributed by atoms with Crippen molar-refractivity contribution in [3.8, 4) is 5.75 Å². The molecule has 0 atom stereocenters. The van der Waals surface area contributed by atoms with Gasteiger partial charge in [-0.3, -0.25) is 0 Å². The first kappa shape index (κ1) is 16.1. The van der Waals surface area contributed by atoms with Crippen molar-refractivity contribution in [1.29, 1.82) is 0 Å². The zero-order valence-corrected chi connectivity index (χ0v) is 12.0. The van der Waals surface area contributed by atoms with E-state index in [0.717, 1.165) is 6.07 Å². The van der Waals surface area contributed by atoms with Crippen molar-refractivity contribution in [2.75, 3.05) is 0 Å². The average molecular weight is 306 g/mol. The summed E-state index contributed by atoms with van der Waals surface area (Å²) >= 11 is 0. The fourth-order valence-corrected chi connectivity index (χ4v) is 1.90. The van der Waals surface area contributed by atoms with Gasteiger partial charge in [0.1, 0.15) is 5.75 Å². The van der Waals surface area contributed by atoms with Crippen LogP contribution in [0.1, 0.15) is 27.7 Å². The SMILES string of the molecule is CC1(C)OB(c2cc(OC(F)F)cc(F)c2F)OC1(C)C. The van der Waals surface area contributed by atoms with Crippen molar-refractivity contribution in [1.82, 2.24) is 0 Å². The molecule has 1 saturated heterocycles. The highest BCUT2D eigenvalue weighted by atomic mass is 19.3. The predicted molar refractivity (Wildman–Crippen MR) is 68.7 cm³/mol. The minimum atomic E-state index is -3.14. The molecule has 116 valence electrons. The van der Waals surface area contributed by atoms with Gasteiger partial charge in [-0.1, -0.05) is 0 Å². The second kappa shape index (κ2) is 5.17. The molecule has 2 rings (SSSR count). The zero-order valence-electron chi connectivity index (χ0n) is 12.0. The fourth-order valence-electron chi connectivity index (χ4n) is 1.90. The molecule has 1 aromatic carbocycles. The summed E-state index contributed by atoms with van der Waals surface area (Å²) in [7, 11) is -1.20. The summed E-state index contributed by atoms with van der Waals surface area (Å²) in [5.74, 6) is -3.01. The van der Waals surface area contributed by atoms with E-state index in [1.54, 1.807) is 27.7 Å². The molecule has 0 bridgehead atoms. The fraction of sp³-hybridized carbons (Fsp3) is 0.538. The van der Waals surface area contributed by atoms with E-state index in [4.69, 9.17) is 9.31 Å². The normalized spacial score (nSPS) is 20.1. The van der Waals surface area contributed by atoms with E-state index in [9.17, 15) is 17.6 Å². The van der Waals surface area contributed by atoms with Gasteiger partial charge in [0.25, 0.3) is 0 Å². The molecule has 0 spiro atoms. The Labute approximate surface area is 120 Å². The van der Waals surface area contributed by atoms with Crippen LogP contribution in [0, 0.1) is 11.6 Å². The molecule has 0 aliphatic carbocycles. The molecular weight excluding hydrogens is 291 g/mol. The lowest BCUT2D eigenvalue weighted by molar-refractivity contribution is -0.0500. The molecule has 21 heavy (non-hydrogen) atoms. The number of hydrogen-bond acceptors (Lipinski definition) is 3. The highest BCUT2D eigenvalue weighted by Gasteiger charge is 2.52. The van der Waals surface area contributed by atoms with Crippen LogP contribution in [0.5, 0.6) is 5.75 Å². The van der Waals surface area contributed by atoms with Crippen LogP contribution in [-0.4, -0.2) is 24.9 Å². The van der Waals surface area contributed by atoms with E-state index in [1.165, 1.54) is 0 Å². The molecule has 8 heteroatoms. The van der Waals surface area contributed by atoms with E-state index in [2.05, 4.69) is 4.74 Å². The van der Waals surface area contributed by atoms with Gasteiger partial charge in [-0.05, 0) is 33.8 Å². The van der Waals surface area contributed by atoms with E-state index in [1.807, 2.05) is 0 Å². The number of halogens is 4. The van der Waals surface area contributed by atoms with Gasteiger partial charge in [-0.15, -0.1) is 0 Å². The third-order valence-corrected chi connectivity index (χ3v) is 3.76. The Balaban J connectivity index is 2.38. The highest BCUT2D eigenvalue weighted by molar-refractivity contribution is 6.62. The minimum absolute atomic E-state index is 0.315. The number of ether oxygens (including phenoxy) is 1. The van der Waals surface area contributed by atoms with Crippen molar-refractivity contribution in [3.63, 3.8) is 0 Å². The Morgan fingerprint density at radius 2 is 1.57 bits per heavy atom. The van der Waals surface area contributed by atoms with Gasteiger partial charge in [0.05, 0.1) is 11.2 Å². The smallest absolute Gasteiger partial charge is 0.435 e. The van der Waals surface area contributed by atoms with Crippen molar-refractivity contribution in [2.45, 2.75) is 45.5 Å². The lowest BCUT2D eigenvalue weighted by Gasteiger charge is -2.32. The largest absolute Gasteiger partial charge is 0.498 e. The van der Waals surface area contributed by atoms with E-state index in [0.29, 0.717) is 6.07 Å². The van der Waals surface area contributed by atoms with Crippen LogP contribution in [0.3, 0.4) is 0 Å². The molecule has 0 unspecified atom stereocenters. The second-order valence-corrected chi connectivity index (χ2v) is 5.78. The van der Waals surface area contributed by atoms with Crippen LogP contribution in [0.15, 0.2) is 12.1 Å². The molecule has 0 radical (unpaired) electrons.